The van der Waals surface area contributed by atoms with Gasteiger partial charge < -0.3 is 5.32 Å². The SMILES string of the molecule is Cc1ccc(C(C)Nc2ccc(F)cc2Br)cc1F. The van der Waals surface area contributed by atoms with E-state index < -0.39 is 0 Å². The van der Waals surface area contributed by atoms with E-state index >= 15 is 0 Å². The van der Waals surface area contributed by atoms with Gasteiger partial charge >= 0.3 is 0 Å². The van der Waals surface area contributed by atoms with Crippen molar-refractivity contribution in [3.63, 3.8) is 0 Å². The first-order valence-electron chi connectivity index (χ1n) is 5.95. The smallest absolute Gasteiger partial charge is 0.126 e. The molecule has 0 aromatic heterocycles. The summed E-state index contributed by atoms with van der Waals surface area (Å²) in [4.78, 5) is 0. The molecular formula is C15H14BrF2N. The van der Waals surface area contributed by atoms with Crippen molar-refractivity contribution in [3.05, 3.63) is 63.6 Å². The second-order valence-electron chi connectivity index (χ2n) is 4.50. The first-order valence-corrected chi connectivity index (χ1v) is 6.74. The summed E-state index contributed by atoms with van der Waals surface area (Å²) in [7, 11) is 0. The maximum absolute atomic E-state index is 13.5. The average molecular weight is 326 g/mol. The van der Waals surface area contributed by atoms with E-state index in [9.17, 15) is 8.78 Å². The van der Waals surface area contributed by atoms with E-state index in [0.29, 0.717) is 10.0 Å². The summed E-state index contributed by atoms with van der Waals surface area (Å²) in [5.41, 5.74) is 2.24. The van der Waals surface area contributed by atoms with Gasteiger partial charge in [0, 0.05) is 16.2 Å². The highest BCUT2D eigenvalue weighted by molar-refractivity contribution is 9.10. The summed E-state index contributed by atoms with van der Waals surface area (Å²) < 4.78 is 27.2. The molecular weight excluding hydrogens is 312 g/mol. The Morgan fingerprint density at radius 3 is 2.47 bits per heavy atom. The van der Waals surface area contributed by atoms with Gasteiger partial charge in [-0.1, -0.05) is 12.1 Å². The lowest BCUT2D eigenvalue weighted by Crippen LogP contribution is -2.07. The Labute approximate surface area is 119 Å². The summed E-state index contributed by atoms with van der Waals surface area (Å²) in [6.07, 6.45) is 0. The second-order valence-corrected chi connectivity index (χ2v) is 5.35. The topological polar surface area (TPSA) is 12.0 Å². The van der Waals surface area contributed by atoms with Crippen LogP contribution in [0.2, 0.25) is 0 Å². The number of anilines is 1. The molecule has 0 saturated heterocycles. The van der Waals surface area contributed by atoms with E-state index in [0.717, 1.165) is 11.3 Å². The lowest BCUT2D eigenvalue weighted by Gasteiger charge is -2.17. The molecule has 1 atom stereocenters. The molecule has 0 amide bonds. The fraction of sp³-hybridized carbons (Fsp3) is 0.200. The lowest BCUT2D eigenvalue weighted by atomic mass is 10.1. The van der Waals surface area contributed by atoms with Crippen molar-refractivity contribution < 1.29 is 8.78 Å². The molecule has 19 heavy (non-hydrogen) atoms. The molecule has 0 heterocycles. The van der Waals surface area contributed by atoms with Crippen LogP contribution in [0.25, 0.3) is 0 Å². The molecule has 2 aromatic carbocycles. The molecule has 0 aliphatic rings. The van der Waals surface area contributed by atoms with Crippen molar-refractivity contribution in [2.45, 2.75) is 19.9 Å². The fourth-order valence-corrected chi connectivity index (χ4v) is 2.27. The summed E-state index contributed by atoms with van der Waals surface area (Å²) >= 11 is 3.30. The van der Waals surface area contributed by atoms with Gasteiger partial charge in [-0.15, -0.1) is 0 Å². The third kappa shape index (κ3) is 3.32. The van der Waals surface area contributed by atoms with Crippen LogP contribution >= 0.6 is 15.9 Å². The molecule has 4 heteroatoms. The molecule has 2 aromatic rings. The van der Waals surface area contributed by atoms with E-state index in [1.807, 2.05) is 13.0 Å². The first-order chi connectivity index (χ1) is 8.97. The molecule has 1 N–H and O–H groups in total. The van der Waals surface area contributed by atoms with Crippen LogP contribution < -0.4 is 5.32 Å². The van der Waals surface area contributed by atoms with Gasteiger partial charge in [0.15, 0.2) is 0 Å². The molecule has 0 bridgehead atoms. The number of aryl methyl sites for hydroxylation is 1. The molecule has 0 radical (unpaired) electrons. The zero-order valence-electron chi connectivity index (χ0n) is 10.7. The zero-order valence-corrected chi connectivity index (χ0v) is 12.3. The minimum Gasteiger partial charge on any atom is -0.378 e. The Morgan fingerprint density at radius 2 is 1.84 bits per heavy atom. The van der Waals surface area contributed by atoms with Crippen LogP contribution in [0.1, 0.15) is 24.1 Å². The normalized spacial score (nSPS) is 12.3. The van der Waals surface area contributed by atoms with Gasteiger partial charge in [0.1, 0.15) is 11.6 Å². The quantitative estimate of drug-likeness (QED) is 0.816. The first kappa shape index (κ1) is 14.0. The van der Waals surface area contributed by atoms with Crippen LogP contribution in [-0.2, 0) is 0 Å². The van der Waals surface area contributed by atoms with E-state index in [4.69, 9.17) is 0 Å². The van der Waals surface area contributed by atoms with Crippen LogP contribution in [-0.4, -0.2) is 0 Å². The average Bonchev–Trinajstić information content (AvgIpc) is 2.36. The van der Waals surface area contributed by atoms with Crippen LogP contribution in [0.5, 0.6) is 0 Å². The van der Waals surface area contributed by atoms with Gasteiger partial charge in [-0.3, -0.25) is 0 Å². The molecule has 100 valence electrons. The van der Waals surface area contributed by atoms with Crippen molar-refractivity contribution >= 4 is 21.6 Å². The van der Waals surface area contributed by atoms with Crippen molar-refractivity contribution in [2.75, 3.05) is 5.32 Å². The van der Waals surface area contributed by atoms with Crippen molar-refractivity contribution in [3.8, 4) is 0 Å². The molecule has 1 nitrogen and oxygen atoms in total. The van der Waals surface area contributed by atoms with Gasteiger partial charge in [-0.2, -0.15) is 0 Å². The number of halogens is 3. The third-order valence-electron chi connectivity index (χ3n) is 3.00. The van der Waals surface area contributed by atoms with Gasteiger partial charge in [0.25, 0.3) is 0 Å². The fourth-order valence-electron chi connectivity index (χ4n) is 1.80. The molecule has 2 rings (SSSR count). The Kier molecular flexibility index (Phi) is 4.20. The number of nitrogens with one attached hydrogen (secondary N) is 1. The Hall–Kier alpha value is -1.42. The minimum atomic E-state index is -0.300. The van der Waals surface area contributed by atoms with Crippen LogP contribution in [0.4, 0.5) is 14.5 Å². The highest BCUT2D eigenvalue weighted by Gasteiger charge is 2.09. The van der Waals surface area contributed by atoms with E-state index in [-0.39, 0.29) is 17.7 Å². The van der Waals surface area contributed by atoms with Gasteiger partial charge in [0.05, 0.1) is 0 Å². The zero-order chi connectivity index (χ0) is 14.0. The molecule has 0 saturated carbocycles. The second kappa shape index (κ2) is 5.70. The van der Waals surface area contributed by atoms with Crippen molar-refractivity contribution in [2.24, 2.45) is 0 Å². The van der Waals surface area contributed by atoms with Crippen LogP contribution in [0.15, 0.2) is 40.9 Å². The molecule has 0 fully saturated rings. The largest absolute Gasteiger partial charge is 0.378 e. The predicted octanol–water partition coefficient (Wildman–Crippen LogP) is 5.21. The number of rotatable bonds is 3. The minimum absolute atomic E-state index is 0.0724. The highest BCUT2D eigenvalue weighted by Crippen LogP contribution is 2.27. The van der Waals surface area contributed by atoms with Crippen LogP contribution in [0.3, 0.4) is 0 Å². The highest BCUT2D eigenvalue weighted by atomic mass is 79.9. The number of hydrogen-bond acceptors (Lipinski definition) is 1. The number of hydrogen-bond donors (Lipinski definition) is 1. The summed E-state index contributed by atoms with van der Waals surface area (Å²) in [5, 5.41) is 3.22. The van der Waals surface area contributed by atoms with Gasteiger partial charge in [-0.25, -0.2) is 8.78 Å². The Balaban J connectivity index is 2.20. The molecule has 0 spiro atoms. The molecule has 1 unspecified atom stereocenters. The van der Waals surface area contributed by atoms with E-state index in [1.165, 1.54) is 18.2 Å². The monoisotopic (exact) mass is 325 g/mol. The molecule has 0 aliphatic carbocycles. The molecule has 0 aliphatic heterocycles. The van der Waals surface area contributed by atoms with Gasteiger partial charge in [-0.05, 0) is 65.2 Å². The third-order valence-corrected chi connectivity index (χ3v) is 3.66. The van der Waals surface area contributed by atoms with Crippen LogP contribution in [0, 0.1) is 18.6 Å². The van der Waals surface area contributed by atoms with Gasteiger partial charge in [0.2, 0.25) is 0 Å². The Bertz CT molecular complexity index is 599. The lowest BCUT2D eigenvalue weighted by molar-refractivity contribution is 0.614. The maximum atomic E-state index is 13.5. The summed E-state index contributed by atoms with van der Waals surface area (Å²) in [5.74, 6) is -0.518. The number of benzene rings is 2. The summed E-state index contributed by atoms with van der Waals surface area (Å²) in [6.45, 7) is 3.66. The standard InChI is InChI=1S/C15H14BrF2N/c1-9-3-4-11(7-14(9)18)10(2)19-15-6-5-12(17)8-13(15)16/h3-8,10,19H,1-2H3. The predicted molar refractivity (Wildman–Crippen MR) is 77.3 cm³/mol. The van der Waals surface area contributed by atoms with Crippen molar-refractivity contribution in [1.29, 1.82) is 0 Å². The maximum Gasteiger partial charge on any atom is 0.126 e. The Morgan fingerprint density at radius 1 is 1.11 bits per heavy atom. The van der Waals surface area contributed by atoms with Crippen molar-refractivity contribution in [1.82, 2.24) is 0 Å². The summed E-state index contributed by atoms with van der Waals surface area (Å²) in [6, 6.07) is 9.51. The van der Waals surface area contributed by atoms with E-state index in [2.05, 4.69) is 21.2 Å². The van der Waals surface area contributed by atoms with E-state index in [1.54, 1.807) is 19.1 Å².